The Hall–Kier alpha value is -3.81. The van der Waals surface area contributed by atoms with Crippen LogP contribution in [0, 0.1) is 0 Å². The number of hydrogen-bond donors (Lipinski definition) is 2. The van der Waals surface area contributed by atoms with E-state index in [-0.39, 0.29) is 5.91 Å². The van der Waals surface area contributed by atoms with Gasteiger partial charge in [-0.25, -0.2) is 9.97 Å². The highest BCUT2D eigenvalue weighted by Gasteiger charge is 2.13. The van der Waals surface area contributed by atoms with Crippen LogP contribution in [0.25, 0.3) is 22.0 Å². The third kappa shape index (κ3) is 3.16. The quantitative estimate of drug-likeness (QED) is 0.569. The Morgan fingerprint density at radius 1 is 1.21 bits per heavy atom. The van der Waals surface area contributed by atoms with E-state index in [1.165, 1.54) is 4.68 Å². The second-order valence-corrected chi connectivity index (χ2v) is 6.36. The Balaban J connectivity index is 1.74. The maximum atomic E-state index is 12.4. The molecule has 0 aliphatic heterocycles. The minimum atomic E-state index is -0.283. The third-order valence-corrected chi connectivity index (χ3v) is 4.61. The molecule has 0 radical (unpaired) electrons. The zero-order chi connectivity index (χ0) is 19.7. The van der Waals surface area contributed by atoms with Gasteiger partial charge in [-0.15, -0.1) is 0 Å². The summed E-state index contributed by atoms with van der Waals surface area (Å²) in [6.45, 7) is 2.08. The van der Waals surface area contributed by atoms with E-state index in [2.05, 4.69) is 32.3 Å². The molecule has 4 rings (SSSR count). The van der Waals surface area contributed by atoms with E-state index in [1.54, 1.807) is 44.0 Å². The predicted octanol–water partition coefficient (Wildman–Crippen LogP) is 2.82. The lowest BCUT2D eigenvalue weighted by Crippen LogP contribution is -2.16. The summed E-state index contributed by atoms with van der Waals surface area (Å²) in [5.74, 6) is 0.530. The fourth-order valence-corrected chi connectivity index (χ4v) is 3.12. The van der Waals surface area contributed by atoms with Gasteiger partial charge in [-0.3, -0.25) is 14.5 Å². The van der Waals surface area contributed by atoms with E-state index in [0.29, 0.717) is 17.3 Å². The largest absolute Gasteiger partial charge is 0.383 e. The Kier molecular flexibility index (Phi) is 4.44. The molecule has 4 aromatic rings. The number of rotatable bonds is 4. The van der Waals surface area contributed by atoms with Gasteiger partial charge >= 0.3 is 0 Å². The van der Waals surface area contributed by atoms with E-state index in [9.17, 15) is 4.79 Å². The Morgan fingerprint density at radius 3 is 2.82 bits per heavy atom. The maximum Gasteiger partial charge on any atom is 0.275 e. The van der Waals surface area contributed by atoms with Gasteiger partial charge in [-0.1, -0.05) is 6.92 Å². The van der Waals surface area contributed by atoms with Gasteiger partial charge in [0.2, 0.25) is 0 Å². The fraction of sp³-hybridized carbons (Fsp3) is 0.150. The average molecular weight is 373 g/mol. The van der Waals surface area contributed by atoms with Gasteiger partial charge in [0.05, 0.1) is 5.69 Å². The van der Waals surface area contributed by atoms with Crippen molar-refractivity contribution >= 4 is 28.3 Å². The number of nitrogens with one attached hydrogen (secondary N) is 1. The first-order valence-corrected chi connectivity index (χ1v) is 8.85. The van der Waals surface area contributed by atoms with Crippen molar-refractivity contribution in [3.05, 3.63) is 60.3 Å². The van der Waals surface area contributed by atoms with Crippen LogP contribution >= 0.6 is 0 Å². The van der Waals surface area contributed by atoms with E-state index >= 15 is 0 Å². The van der Waals surface area contributed by atoms with Crippen molar-refractivity contribution in [1.82, 2.24) is 24.7 Å². The first-order chi connectivity index (χ1) is 13.6. The minimum Gasteiger partial charge on any atom is -0.383 e. The molecule has 0 aromatic carbocycles. The van der Waals surface area contributed by atoms with Crippen LogP contribution < -0.4 is 11.1 Å². The van der Waals surface area contributed by atoms with Crippen LogP contribution in [-0.4, -0.2) is 30.6 Å². The van der Waals surface area contributed by atoms with Crippen molar-refractivity contribution in [3.8, 4) is 11.3 Å². The Labute approximate surface area is 161 Å². The minimum absolute atomic E-state index is 0.283. The summed E-state index contributed by atoms with van der Waals surface area (Å²) in [7, 11) is 1.71. The molecule has 0 bridgehead atoms. The molecule has 4 heterocycles. The zero-order valence-corrected chi connectivity index (χ0v) is 15.5. The monoisotopic (exact) mass is 373 g/mol. The number of aryl methyl sites for hydroxylation is 2. The van der Waals surface area contributed by atoms with Crippen molar-refractivity contribution < 1.29 is 4.79 Å². The molecule has 0 atom stereocenters. The third-order valence-electron chi connectivity index (χ3n) is 4.61. The summed E-state index contributed by atoms with van der Waals surface area (Å²) in [5, 5.41) is 8.36. The lowest BCUT2D eigenvalue weighted by molar-refractivity contribution is 0.101. The highest BCUT2D eigenvalue weighted by molar-refractivity contribution is 6.04. The van der Waals surface area contributed by atoms with Crippen molar-refractivity contribution in [3.63, 3.8) is 0 Å². The van der Waals surface area contributed by atoms with Crippen molar-refractivity contribution in [2.24, 2.45) is 7.05 Å². The number of aromatic nitrogens is 5. The summed E-state index contributed by atoms with van der Waals surface area (Å²) in [5.41, 5.74) is 9.43. The van der Waals surface area contributed by atoms with Gasteiger partial charge in [-0.2, -0.15) is 5.10 Å². The number of amides is 1. The molecule has 28 heavy (non-hydrogen) atoms. The summed E-state index contributed by atoms with van der Waals surface area (Å²) in [6, 6.07) is 7.34. The second kappa shape index (κ2) is 7.07. The molecule has 8 nitrogen and oxygen atoms in total. The van der Waals surface area contributed by atoms with Crippen molar-refractivity contribution in [1.29, 1.82) is 0 Å². The number of nitrogens with zero attached hydrogens (tertiary/aromatic N) is 5. The lowest BCUT2D eigenvalue weighted by atomic mass is 10.0. The van der Waals surface area contributed by atoms with Gasteiger partial charge in [0.25, 0.3) is 5.91 Å². The predicted molar refractivity (Wildman–Crippen MR) is 108 cm³/mol. The number of carbonyl (C=O) groups is 1. The SMILES string of the molecule is CCc1ccncc1-c1cc2cc(NC(=O)c3ccnn3C)ncc2c(N)n1. The summed E-state index contributed by atoms with van der Waals surface area (Å²) in [6.07, 6.45) is 7.60. The highest BCUT2D eigenvalue weighted by atomic mass is 16.2. The van der Waals surface area contributed by atoms with Gasteiger partial charge in [0.1, 0.15) is 17.3 Å². The number of anilines is 2. The molecule has 1 amide bonds. The van der Waals surface area contributed by atoms with Crippen LogP contribution in [0.4, 0.5) is 11.6 Å². The number of nitrogens with two attached hydrogens (primary N) is 1. The zero-order valence-electron chi connectivity index (χ0n) is 15.5. The first kappa shape index (κ1) is 17.6. The van der Waals surface area contributed by atoms with E-state index < -0.39 is 0 Å². The van der Waals surface area contributed by atoms with Gasteiger partial charge in [0, 0.05) is 42.8 Å². The average Bonchev–Trinajstić information content (AvgIpc) is 3.13. The molecule has 0 aliphatic rings. The molecule has 140 valence electrons. The van der Waals surface area contributed by atoms with E-state index in [4.69, 9.17) is 5.73 Å². The van der Waals surface area contributed by atoms with E-state index in [0.717, 1.165) is 34.0 Å². The summed E-state index contributed by atoms with van der Waals surface area (Å²) in [4.78, 5) is 25.4. The van der Waals surface area contributed by atoms with Crippen LogP contribution in [0.1, 0.15) is 23.0 Å². The molecule has 0 fully saturated rings. The smallest absolute Gasteiger partial charge is 0.275 e. The standard InChI is InChI=1S/C20H19N7O/c1-3-12-4-6-22-10-14(12)16-8-13-9-18(23-11-15(13)19(21)25-16)26-20(28)17-5-7-24-27(17)2/h4-11H,3H2,1-2H3,(H2,21,25)(H,23,26,28). The van der Waals surface area contributed by atoms with Crippen LogP contribution in [0.3, 0.4) is 0 Å². The molecule has 4 aromatic heterocycles. The Bertz CT molecular complexity index is 1180. The van der Waals surface area contributed by atoms with Crippen LogP contribution in [0.2, 0.25) is 0 Å². The molecule has 3 N–H and O–H groups in total. The van der Waals surface area contributed by atoms with Gasteiger partial charge < -0.3 is 11.1 Å². The molecule has 8 heteroatoms. The van der Waals surface area contributed by atoms with Crippen molar-refractivity contribution in [2.75, 3.05) is 11.1 Å². The molecule has 0 spiro atoms. The number of pyridine rings is 3. The van der Waals surface area contributed by atoms with Crippen LogP contribution in [-0.2, 0) is 13.5 Å². The molecule has 0 saturated carbocycles. The summed E-state index contributed by atoms with van der Waals surface area (Å²) >= 11 is 0. The number of carbonyl (C=O) groups excluding carboxylic acids is 1. The lowest BCUT2D eigenvalue weighted by Gasteiger charge is -2.11. The van der Waals surface area contributed by atoms with Gasteiger partial charge in [-0.05, 0) is 41.6 Å². The van der Waals surface area contributed by atoms with Gasteiger partial charge in [0.15, 0.2) is 0 Å². The second-order valence-electron chi connectivity index (χ2n) is 6.36. The highest BCUT2D eigenvalue weighted by Crippen LogP contribution is 2.29. The van der Waals surface area contributed by atoms with Crippen molar-refractivity contribution in [2.45, 2.75) is 13.3 Å². The normalized spacial score (nSPS) is 10.9. The van der Waals surface area contributed by atoms with Crippen LogP contribution in [0.15, 0.2) is 49.1 Å². The van der Waals surface area contributed by atoms with E-state index in [1.807, 2.05) is 12.1 Å². The number of hydrogen-bond acceptors (Lipinski definition) is 6. The molecular weight excluding hydrogens is 354 g/mol. The molecule has 0 aliphatic carbocycles. The topological polar surface area (TPSA) is 112 Å². The molecular formula is C20H19N7O. The number of nitrogen functional groups attached to an aromatic ring is 1. The Morgan fingerprint density at radius 2 is 2.07 bits per heavy atom. The molecule has 0 unspecified atom stereocenters. The maximum absolute atomic E-state index is 12.4. The number of fused-ring (bicyclic) bond motifs is 1. The fourth-order valence-electron chi connectivity index (χ4n) is 3.12. The first-order valence-electron chi connectivity index (χ1n) is 8.85. The molecule has 0 saturated heterocycles. The van der Waals surface area contributed by atoms with Crippen LogP contribution in [0.5, 0.6) is 0 Å². The summed E-state index contributed by atoms with van der Waals surface area (Å²) < 4.78 is 1.51.